The summed E-state index contributed by atoms with van der Waals surface area (Å²) < 4.78 is 5.37. The van der Waals surface area contributed by atoms with E-state index in [1.165, 1.54) is 0 Å². The lowest BCUT2D eigenvalue weighted by Crippen LogP contribution is -2.15. The number of Topliss-reactive ketones (excluding diaryl/α,β-unsaturated/α-hetero) is 1. The fraction of sp³-hybridized carbons (Fsp3) is 0.188. The van der Waals surface area contributed by atoms with Crippen LogP contribution >= 0.6 is 0 Å². The summed E-state index contributed by atoms with van der Waals surface area (Å²) in [5.74, 6) is 0.934. The highest BCUT2D eigenvalue weighted by atomic mass is 16.3. The molecule has 1 aromatic heterocycles. The number of carbonyl (C=O) groups excluding carboxylic acids is 1. The van der Waals surface area contributed by atoms with Gasteiger partial charge in [0.1, 0.15) is 5.76 Å². The molecular formula is C16H14O2. The van der Waals surface area contributed by atoms with Crippen molar-refractivity contribution in [3.63, 3.8) is 0 Å². The fourth-order valence-electron chi connectivity index (χ4n) is 2.49. The zero-order valence-electron chi connectivity index (χ0n) is 10.3. The van der Waals surface area contributed by atoms with Crippen LogP contribution in [0.3, 0.4) is 0 Å². The van der Waals surface area contributed by atoms with Crippen molar-refractivity contribution in [1.29, 1.82) is 0 Å². The van der Waals surface area contributed by atoms with Crippen molar-refractivity contribution in [2.24, 2.45) is 0 Å². The Kier molecular flexibility index (Phi) is 2.63. The monoisotopic (exact) mass is 238 g/mol. The summed E-state index contributed by atoms with van der Waals surface area (Å²) in [6.45, 7) is 1.96. The number of hydrogen-bond acceptors (Lipinski definition) is 2. The number of ketones is 1. The van der Waals surface area contributed by atoms with Gasteiger partial charge in [0.15, 0.2) is 5.78 Å². The predicted molar refractivity (Wildman–Crippen MR) is 70.4 cm³/mol. The Hall–Kier alpha value is -2.09. The summed E-state index contributed by atoms with van der Waals surface area (Å²) in [4.78, 5) is 12.5. The number of allylic oxidation sites excluding steroid dienone is 2. The van der Waals surface area contributed by atoms with Crippen LogP contribution in [0.4, 0.5) is 0 Å². The molecule has 2 heteroatoms. The number of carbonyl (C=O) groups is 1. The van der Waals surface area contributed by atoms with Crippen molar-refractivity contribution in [2.45, 2.75) is 19.8 Å². The van der Waals surface area contributed by atoms with Gasteiger partial charge in [-0.05, 0) is 43.0 Å². The van der Waals surface area contributed by atoms with Crippen LogP contribution in [0, 0.1) is 0 Å². The molecule has 2 nitrogen and oxygen atoms in total. The van der Waals surface area contributed by atoms with E-state index in [2.05, 4.69) is 0 Å². The third-order valence-corrected chi connectivity index (χ3v) is 3.52. The second-order valence-electron chi connectivity index (χ2n) is 4.57. The molecule has 0 amide bonds. The standard InChI is InChI=1S/C16H14O2/c1-11(15-7-4-10-18-15)13-9-8-12-5-2-3-6-14(12)16(13)17/h2-7,10H,8-9H2,1H3/b13-11+. The van der Waals surface area contributed by atoms with Gasteiger partial charge in [0.25, 0.3) is 0 Å². The molecule has 1 aliphatic carbocycles. The Balaban J connectivity index is 2.08. The van der Waals surface area contributed by atoms with E-state index in [4.69, 9.17) is 4.42 Å². The molecule has 0 atom stereocenters. The maximum absolute atomic E-state index is 12.5. The van der Waals surface area contributed by atoms with Crippen molar-refractivity contribution < 1.29 is 9.21 Å². The third-order valence-electron chi connectivity index (χ3n) is 3.52. The fourth-order valence-corrected chi connectivity index (χ4v) is 2.49. The summed E-state index contributed by atoms with van der Waals surface area (Å²) >= 11 is 0. The normalized spacial score (nSPS) is 17.5. The Morgan fingerprint density at radius 2 is 1.94 bits per heavy atom. The van der Waals surface area contributed by atoms with E-state index in [0.29, 0.717) is 0 Å². The molecule has 3 rings (SSSR count). The van der Waals surface area contributed by atoms with Gasteiger partial charge < -0.3 is 4.42 Å². The number of fused-ring (bicyclic) bond motifs is 1. The van der Waals surface area contributed by atoms with Crippen molar-refractivity contribution >= 4 is 11.4 Å². The Labute approximate surface area is 106 Å². The Morgan fingerprint density at radius 3 is 2.72 bits per heavy atom. The molecule has 18 heavy (non-hydrogen) atoms. The van der Waals surface area contributed by atoms with Gasteiger partial charge in [-0.1, -0.05) is 24.3 Å². The zero-order chi connectivity index (χ0) is 12.5. The molecule has 1 aliphatic rings. The molecule has 90 valence electrons. The highest BCUT2D eigenvalue weighted by molar-refractivity contribution is 6.14. The van der Waals surface area contributed by atoms with Gasteiger partial charge in [-0.15, -0.1) is 0 Å². The molecule has 0 saturated carbocycles. The molecule has 0 aliphatic heterocycles. The van der Waals surface area contributed by atoms with E-state index in [1.807, 2.05) is 43.3 Å². The molecule has 1 aromatic carbocycles. The summed E-state index contributed by atoms with van der Waals surface area (Å²) in [5, 5.41) is 0. The molecule has 0 N–H and O–H groups in total. The molecule has 0 radical (unpaired) electrons. The molecule has 0 fully saturated rings. The van der Waals surface area contributed by atoms with Crippen molar-refractivity contribution in [3.8, 4) is 0 Å². The summed E-state index contributed by atoms with van der Waals surface area (Å²) in [5.41, 5.74) is 3.83. The van der Waals surface area contributed by atoms with E-state index >= 15 is 0 Å². The quantitative estimate of drug-likeness (QED) is 0.706. The van der Waals surface area contributed by atoms with Crippen LogP contribution in [-0.4, -0.2) is 5.78 Å². The molecule has 0 saturated heterocycles. The average molecular weight is 238 g/mol. The molecule has 0 bridgehead atoms. The Bertz CT molecular complexity index is 618. The van der Waals surface area contributed by atoms with Gasteiger partial charge in [-0.25, -0.2) is 0 Å². The molecule has 1 heterocycles. The van der Waals surface area contributed by atoms with Crippen molar-refractivity contribution in [1.82, 2.24) is 0 Å². The smallest absolute Gasteiger partial charge is 0.189 e. The Morgan fingerprint density at radius 1 is 1.11 bits per heavy atom. The maximum atomic E-state index is 12.5. The second-order valence-corrected chi connectivity index (χ2v) is 4.57. The molecule has 0 spiro atoms. The minimum absolute atomic E-state index is 0.144. The number of rotatable bonds is 1. The lowest BCUT2D eigenvalue weighted by molar-refractivity contribution is 0.102. The van der Waals surface area contributed by atoms with Gasteiger partial charge in [0, 0.05) is 11.1 Å². The van der Waals surface area contributed by atoms with Crippen LogP contribution in [-0.2, 0) is 6.42 Å². The van der Waals surface area contributed by atoms with Crippen LogP contribution in [0.15, 0.2) is 52.7 Å². The van der Waals surface area contributed by atoms with E-state index < -0.39 is 0 Å². The first-order valence-corrected chi connectivity index (χ1v) is 6.13. The predicted octanol–water partition coefficient (Wildman–Crippen LogP) is 3.88. The molecular weight excluding hydrogens is 224 g/mol. The zero-order valence-corrected chi connectivity index (χ0v) is 10.3. The van der Waals surface area contributed by atoms with Gasteiger partial charge >= 0.3 is 0 Å². The van der Waals surface area contributed by atoms with E-state index in [9.17, 15) is 4.79 Å². The van der Waals surface area contributed by atoms with Crippen LogP contribution < -0.4 is 0 Å². The lowest BCUT2D eigenvalue weighted by atomic mass is 9.84. The van der Waals surface area contributed by atoms with E-state index in [0.717, 1.165) is 40.9 Å². The topological polar surface area (TPSA) is 30.2 Å². The van der Waals surface area contributed by atoms with Crippen LogP contribution in [0.25, 0.3) is 5.57 Å². The SMILES string of the molecule is C/C(=C1/CCc2ccccc2C1=O)c1ccco1. The number of aryl methyl sites for hydroxylation is 1. The van der Waals surface area contributed by atoms with Crippen molar-refractivity contribution in [3.05, 3.63) is 65.1 Å². The first-order chi connectivity index (χ1) is 8.77. The maximum Gasteiger partial charge on any atom is 0.189 e. The molecule has 2 aromatic rings. The first kappa shape index (κ1) is 11.0. The lowest BCUT2D eigenvalue weighted by Gasteiger charge is -2.18. The summed E-state index contributed by atoms with van der Waals surface area (Å²) in [6.07, 6.45) is 3.36. The van der Waals surface area contributed by atoms with Crippen LogP contribution in [0.5, 0.6) is 0 Å². The van der Waals surface area contributed by atoms with Gasteiger partial charge in [-0.2, -0.15) is 0 Å². The van der Waals surface area contributed by atoms with Crippen LogP contribution in [0.1, 0.15) is 35.0 Å². The molecule has 0 unspecified atom stereocenters. The highest BCUT2D eigenvalue weighted by Crippen LogP contribution is 2.30. The largest absolute Gasteiger partial charge is 0.465 e. The summed E-state index contributed by atoms with van der Waals surface area (Å²) in [7, 11) is 0. The highest BCUT2D eigenvalue weighted by Gasteiger charge is 2.23. The number of benzene rings is 1. The summed E-state index contributed by atoms with van der Waals surface area (Å²) in [6, 6.07) is 11.6. The minimum atomic E-state index is 0.144. The van der Waals surface area contributed by atoms with E-state index in [-0.39, 0.29) is 5.78 Å². The number of hydrogen-bond donors (Lipinski definition) is 0. The first-order valence-electron chi connectivity index (χ1n) is 6.13. The van der Waals surface area contributed by atoms with Gasteiger partial charge in [0.05, 0.1) is 6.26 Å². The number of furan rings is 1. The van der Waals surface area contributed by atoms with Crippen LogP contribution in [0.2, 0.25) is 0 Å². The van der Waals surface area contributed by atoms with E-state index in [1.54, 1.807) is 6.26 Å². The third kappa shape index (κ3) is 1.70. The minimum Gasteiger partial charge on any atom is -0.465 e. The van der Waals surface area contributed by atoms with Gasteiger partial charge in [-0.3, -0.25) is 4.79 Å². The average Bonchev–Trinajstić information content (AvgIpc) is 2.93. The van der Waals surface area contributed by atoms with Crippen molar-refractivity contribution in [2.75, 3.05) is 0 Å². The second kappa shape index (κ2) is 4.30. The van der Waals surface area contributed by atoms with Gasteiger partial charge in [0.2, 0.25) is 0 Å².